The first-order valence-corrected chi connectivity index (χ1v) is 10.5. The molecular weight excluding hydrogens is 526 g/mol. The molecule has 29 heavy (non-hydrogen) atoms. The van der Waals surface area contributed by atoms with Crippen LogP contribution in [0, 0.1) is 0 Å². The SMILES string of the molecule is CCc1ccc(OCC(=O)NC(=S)NNC(=O)COc2ccc(Br)cc2)c(Br)c1. The third-order valence-electron chi connectivity index (χ3n) is 3.52. The van der Waals surface area contributed by atoms with E-state index in [1.54, 1.807) is 30.3 Å². The third kappa shape index (κ3) is 8.38. The molecule has 0 radical (unpaired) electrons. The van der Waals surface area contributed by atoms with E-state index < -0.39 is 11.8 Å². The fourth-order valence-electron chi connectivity index (χ4n) is 2.06. The number of benzene rings is 2. The lowest BCUT2D eigenvalue weighted by atomic mass is 10.2. The highest BCUT2D eigenvalue weighted by Gasteiger charge is 2.09. The largest absolute Gasteiger partial charge is 0.484 e. The molecule has 2 amide bonds. The molecule has 2 aromatic rings. The molecule has 10 heteroatoms. The zero-order chi connectivity index (χ0) is 21.2. The van der Waals surface area contributed by atoms with Crippen LogP contribution in [0.25, 0.3) is 0 Å². The summed E-state index contributed by atoms with van der Waals surface area (Å²) in [4.78, 5) is 23.7. The van der Waals surface area contributed by atoms with Gasteiger partial charge in [0, 0.05) is 4.47 Å². The molecule has 0 aliphatic rings. The third-order valence-corrected chi connectivity index (χ3v) is 4.87. The summed E-state index contributed by atoms with van der Waals surface area (Å²) < 4.78 is 12.5. The molecule has 0 aliphatic heterocycles. The van der Waals surface area contributed by atoms with Crippen LogP contribution in [0.1, 0.15) is 12.5 Å². The molecule has 2 rings (SSSR count). The van der Waals surface area contributed by atoms with Gasteiger partial charge in [0.15, 0.2) is 18.3 Å². The van der Waals surface area contributed by atoms with Gasteiger partial charge in [-0.05, 0) is 76.5 Å². The van der Waals surface area contributed by atoms with Crippen molar-refractivity contribution in [1.29, 1.82) is 0 Å². The van der Waals surface area contributed by atoms with Crippen LogP contribution in [0.15, 0.2) is 51.4 Å². The Morgan fingerprint density at radius 1 is 0.966 bits per heavy atom. The number of carbonyl (C=O) groups excluding carboxylic acids is 2. The molecular formula is C19H19Br2N3O4S. The van der Waals surface area contributed by atoms with Crippen LogP contribution < -0.4 is 25.6 Å². The summed E-state index contributed by atoms with van der Waals surface area (Å²) in [7, 11) is 0. The Balaban J connectivity index is 1.66. The van der Waals surface area contributed by atoms with Crippen molar-refractivity contribution in [2.45, 2.75) is 13.3 Å². The van der Waals surface area contributed by atoms with Crippen molar-refractivity contribution >= 4 is 61.0 Å². The Bertz CT molecular complexity index is 878. The van der Waals surface area contributed by atoms with E-state index in [4.69, 9.17) is 21.7 Å². The molecule has 3 N–H and O–H groups in total. The fourth-order valence-corrected chi connectivity index (χ4v) is 3.03. The minimum absolute atomic E-state index is 0.0593. The highest BCUT2D eigenvalue weighted by molar-refractivity contribution is 9.10. The predicted molar refractivity (Wildman–Crippen MR) is 121 cm³/mol. The van der Waals surface area contributed by atoms with E-state index in [1.807, 2.05) is 12.1 Å². The van der Waals surface area contributed by atoms with Gasteiger partial charge in [-0.15, -0.1) is 0 Å². The van der Waals surface area contributed by atoms with E-state index in [0.717, 1.165) is 20.9 Å². The normalized spacial score (nSPS) is 10.0. The molecule has 7 nitrogen and oxygen atoms in total. The Morgan fingerprint density at radius 3 is 2.31 bits per heavy atom. The number of rotatable bonds is 7. The van der Waals surface area contributed by atoms with Gasteiger partial charge < -0.3 is 9.47 Å². The maximum absolute atomic E-state index is 11.9. The van der Waals surface area contributed by atoms with Crippen molar-refractivity contribution in [3.8, 4) is 11.5 Å². The van der Waals surface area contributed by atoms with E-state index >= 15 is 0 Å². The van der Waals surface area contributed by atoms with Crippen molar-refractivity contribution in [2.24, 2.45) is 0 Å². The average Bonchev–Trinajstić information content (AvgIpc) is 2.70. The quantitative estimate of drug-likeness (QED) is 0.366. The Hall–Kier alpha value is -2.17. The van der Waals surface area contributed by atoms with Crippen molar-refractivity contribution in [1.82, 2.24) is 16.2 Å². The number of hydrogen-bond acceptors (Lipinski definition) is 5. The first kappa shape index (κ1) is 23.1. The molecule has 0 unspecified atom stereocenters. The summed E-state index contributed by atoms with van der Waals surface area (Å²) in [5.74, 6) is 0.180. The topological polar surface area (TPSA) is 88.7 Å². The number of aryl methyl sites for hydroxylation is 1. The number of thiocarbonyl (C=S) groups is 1. The predicted octanol–water partition coefficient (Wildman–Crippen LogP) is 3.25. The Kier molecular flexibility index (Phi) is 9.36. The molecule has 0 heterocycles. The minimum Gasteiger partial charge on any atom is -0.484 e. The Labute approximate surface area is 190 Å². The monoisotopic (exact) mass is 543 g/mol. The van der Waals surface area contributed by atoms with Gasteiger partial charge >= 0.3 is 0 Å². The van der Waals surface area contributed by atoms with Crippen molar-refractivity contribution < 1.29 is 19.1 Å². The first-order valence-electron chi connectivity index (χ1n) is 8.55. The molecule has 0 spiro atoms. The van der Waals surface area contributed by atoms with Crippen molar-refractivity contribution in [3.63, 3.8) is 0 Å². The van der Waals surface area contributed by atoms with Gasteiger partial charge in [0.25, 0.3) is 11.8 Å². The molecule has 0 bridgehead atoms. The van der Waals surface area contributed by atoms with Gasteiger partial charge in [-0.1, -0.05) is 28.9 Å². The van der Waals surface area contributed by atoms with Gasteiger partial charge in [0.1, 0.15) is 11.5 Å². The van der Waals surface area contributed by atoms with Gasteiger partial charge in [-0.25, -0.2) is 0 Å². The lowest BCUT2D eigenvalue weighted by Gasteiger charge is -2.12. The highest BCUT2D eigenvalue weighted by Crippen LogP contribution is 2.26. The molecule has 0 fully saturated rings. The summed E-state index contributed by atoms with van der Waals surface area (Å²) in [5.41, 5.74) is 5.92. The van der Waals surface area contributed by atoms with Crippen LogP contribution in [0.5, 0.6) is 11.5 Å². The molecule has 154 valence electrons. The molecule has 0 aliphatic carbocycles. The lowest BCUT2D eigenvalue weighted by molar-refractivity contribution is -0.124. The maximum Gasteiger partial charge on any atom is 0.276 e. The second-order valence-corrected chi connectivity index (χ2v) is 7.88. The second kappa shape index (κ2) is 11.7. The van der Waals surface area contributed by atoms with Crippen LogP contribution >= 0.6 is 44.1 Å². The smallest absolute Gasteiger partial charge is 0.276 e. The maximum atomic E-state index is 11.9. The Morgan fingerprint density at radius 2 is 1.66 bits per heavy atom. The number of carbonyl (C=O) groups is 2. The van der Waals surface area contributed by atoms with Gasteiger partial charge in [0.2, 0.25) is 0 Å². The summed E-state index contributed by atoms with van der Waals surface area (Å²) in [6.45, 7) is 1.61. The van der Waals surface area contributed by atoms with Crippen LogP contribution in [0.3, 0.4) is 0 Å². The van der Waals surface area contributed by atoms with Gasteiger partial charge in [-0.2, -0.15) is 0 Å². The van der Waals surface area contributed by atoms with Gasteiger partial charge in [-0.3, -0.25) is 25.8 Å². The van der Waals surface area contributed by atoms with Crippen LogP contribution in [-0.4, -0.2) is 30.1 Å². The second-order valence-electron chi connectivity index (χ2n) is 5.70. The fraction of sp³-hybridized carbons (Fsp3) is 0.211. The standard InChI is InChI=1S/C19H19Br2N3O4S/c1-2-12-3-8-16(15(21)9-12)28-10-17(25)22-19(29)24-23-18(26)11-27-14-6-4-13(20)5-7-14/h3-9H,2,10-11H2,1H3,(H,23,26)(H2,22,24,25,29). The minimum atomic E-state index is -0.464. The van der Waals surface area contributed by atoms with Crippen LogP contribution in [0.4, 0.5) is 0 Å². The summed E-state index contributed by atoms with van der Waals surface area (Å²) in [6, 6.07) is 12.7. The number of hydrazine groups is 1. The van der Waals surface area contributed by atoms with Crippen LogP contribution in [-0.2, 0) is 16.0 Å². The average molecular weight is 545 g/mol. The molecule has 0 aromatic heterocycles. The highest BCUT2D eigenvalue weighted by atomic mass is 79.9. The lowest BCUT2D eigenvalue weighted by Crippen LogP contribution is -2.50. The van der Waals surface area contributed by atoms with E-state index in [-0.39, 0.29) is 18.3 Å². The van der Waals surface area contributed by atoms with Gasteiger partial charge in [0.05, 0.1) is 4.47 Å². The number of hydrogen-bond donors (Lipinski definition) is 3. The number of ether oxygens (including phenoxy) is 2. The van der Waals surface area contributed by atoms with E-state index in [0.29, 0.717) is 11.5 Å². The number of amides is 2. The van der Waals surface area contributed by atoms with E-state index in [2.05, 4.69) is 55.0 Å². The number of nitrogens with one attached hydrogen (secondary N) is 3. The summed E-state index contributed by atoms with van der Waals surface area (Å²) in [6.07, 6.45) is 0.902. The summed E-state index contributed by atoms with van der Waals surface area (Å²) in [5, 5.41) is 2.35. The molecule has 0 saturated heterocycles. The van der Waals surface area contributed by atoms with Crippen molar-refractivity contribution in [3.05, 3.63) is 57.0 Å². The molecule has 0 saturated carbocycles. The zero-order valence-electron chi connectivity index (χ0n) is 15.5. The molecule has 2 aromatic carbocycles. The van der Waals surface area contributed by atoms with E-state index in [1.165, 1.54) is 0 Å². The van der Waals surface area contributed by atoms with E-state index in [9.17, 15) is 9.59 Å². The zero-order valence-corrected chi connectivity index (χ0v) is 19.4. The molecule has 0 atom stereocenters. The number of halogens is 2. The first-order chi connectivity index (χ1) is 13.9. The van der Waals surface area contributed by atoms with Crippen LogP contribution in [0.2, 0.25) is 0 Å². The summed E-state index contributed by atoms with van der Waals surface area (Å²) >= 11 is 11.7. The van der Waals surface area contributed by atoms with Crippen molar-refractivity contribution in [2.75, 3.05) is 13.2 Å².